The summed E-state index contributed by atoms with van der Waals surface area (Å²) in [5.41, 5.74) is 0.793. The molecule has 14 heavy (non-hydrogen) atoms. The van der Waals surface area contributed by atoms with Gasteiger partial charge in [-0.05, 0) is 12.0 Å². The average Bonchev–Trinajstić information content (AvgIpc) is 2.63. The molecule has 0 saturated carbocycles. The Balaban J connectivity index is 2.40. The molecule has 0 radical (unpaired) electrons. The van der Waals surface area contributed by atoms with Crippen LogP contribution in [0.15, 0.2) is 24.7 Å². The molecule has 0 bridgehead atoms. The van der Waals surface area contributed by atoms with Crippen molar-refractivity contribution in [3.8, 4) is 11.8 Å². The lowest BCUT2D eigenvalue weighted by molar-refractivity contribution is 0.305. The lowest BCUT2D eigenvalue weighted by Crippen LogP contribution is -1.89. The standard InChI is InChI=1S/C10H9N3O/c14-7-2-1-4-9-8-12-10-11-5-3-6-13(9)10/h3,5-6,8,14H,2,7H2. The van der Waals surface area contributed by atoms with Gasteiger partial charge in [0.05, 0.1) is 12.8 Å². The SMILES string of the molecule is OCCC#Cc1cnc2ncccn12. The van der Waals surface area contributed by atoms with E-state index in [-0.39, 0.29) is 6.61 Å². The van der Waals surface area contributed by atoms with E-state index in [2.05, 4.69) is 21.8 Å². The average molecular weight is 187 g/mol. The molecule has 2 aromatic rings. The maximum Gasteiger partial charge on any atom is 0.234 e. The second-order valence-corrected chi connectivity index (χ2v) is 2.71. The Morgan fingerprint density at radius 3 is 3.21 bits per heavy atom. The van der Waals surface area contributed by atoms with Gasteiger partial charge >= 0.3 is 0 Å². The van der Waals surface area contributed by atoms with Crippen LogP contribution in [0.1, 0.15) is 12.1 Å². The van der Waals surface area contributed by atoms with Crippen molar-refractivity contribution in [2.75, 3.05) is 6.61 Å². The Bertz CT molecular complexity index is 493. The Morgan fingerprint density at radius 1 is 1.43 bits per heavy atom. The number of aliphatic hydroxyl groups is 1. The molecule has 1 N–H and O–H groups in total. The van der Waals surface area contributed by atoms with Crippen LogP contribution in [0.2, 0.25) is 0 Å². The highest BCUT2D eigenvalue weighted by molar-refractivity contribution is 5.38. The van der Waals surface area contributed by atoms with Crippen molar-refractivity contribution >= 4 is 5.78 Å². The van der Waals surface area contributed by atoms with E-state index in [0.717, 1.165) is 5.69 Å². The van der Waals surface area contributed by atoms with E-state index in [9.17, 15) is 0 Å². The number of aliphatic hydroxyl groups excluding tert-OH is 1. The highest BCUT2D eigenvalue weighted by atomic mass is 16.2. The van der Waals surface area contributed by atoms with Crippen LogP contribution in [0.3, 0.4) is 0 Å². The number of nitrogens with zero attached hydrogens (tertiary/aromatic N) is 3. The summed E-state index contributed by atoms with van der Waals surface area (Å²) < 4.78 is 1.81. The van der Waals surface area contributed by atoms with Crippen LogP contribution in [0, 0.1) is 11.8 Å². The number of rotatable bonds is 1. The fraction of sp³-hybridized carbons (Fsp3) is 0.200. The van der Waals surface area contributed by atoms with Gasteiger partial charge in [-0.25, -0.2) is 9.97 Å². The van der Waals surface area contributed by atoms with Crippen molar-refractivity contribution in [1.82, 2.24) is 14.4 Å². The van der Waals surface area contributed by atoms with Gasteiger partial charge in [0.2, 0.25) is 5.78 Å². The first-order valence-electron chi connectivity index (χ1n) is 4.29. The summed E-state index contributed by atoms with van der Waals surface area (Å²) in [5, 5.41) is 8.57. The second kappa shape index (κ2) is 3.90. The number of aromatic nitrogens is 3. The van der Waals surface area contributed by atoms with E-state index in [1.165, 1.54) is 0 Å². The van der Waals surface area contributed by atoms with E-state index in [0.29, 0.717) is 12.2 Å². The van der Waals surface area contributed by atoms with Gasteiger partial charge in [-0.15, -0.1) is 0 Å². The number of fused-ring (bicyclic) bond motifs is 1. The van der Waals surface area contributed by atoms with Gasteiger partial charge < -0.3 is 5.11 Å². The van der Waals surface area contributed by atoms with Crippen molar-refractivity contribution in [3.63, 3.8) is 0 Å². The lowest BCUT2D eigenvalue weighted by Gasteiger charge is -1.91. The minimum absolute atomic E-state index is 0.0853. The maximum atomic E-state index is 8.57. The molecule has 0 saturated heterocycles. The molecule has 0 aliphatic heterocycles. The van der Waals surface area contributed by atoms with E-state index < -0.39 is 0 Å². The van der Waals surface area contributed by atoms with Crippen LogP contribution in [-0.2, 0) is 0 Å². The van der Waals surface area contributed by atoms with Crippen molar-refractivity contribution in [2.24, 2.45) is 0 Å². The molecule has 2 rings (SSSR count). The zero-order valence-electron chi connectivity index (χ0n) is 7.51. The molecule has 0 aliphatic rings. The second-order valence-electron chi connectivity index (χ2n) is 2.71. The zero-order chi connectivity index (χ0) is 9.80. The van der Waals surface area contributed by atoms with Crippen molar-refractivity contribution in [1.29, 1.82) is 0 Å². The first-order valence-corrected chi connectivity index (χ1v) is 4.29. The maximum absolute atomic E-state index is 8.57. The highest BCUT2D eigenvalue weighted by Gasteiger charge is 1.98. The van der Waals surface area contributed by atoms with Gasteiger partial charge in [0.15, 0.2) is 0 Å². The van der Waals surface area contributed by atoms with Gasteiger partial charge in [0.25, 0.3) is 0 Å². The summed E-state index contributed by atoms with van der Waals surface area (Å²) in [7, 11) is 0. The lowest BCUT2D eigenvalue weighted by atomic mass is 10.4. The van der Waals surface area contributed by atoms with E-state index in [4.69, 9.17) is 5.11 Å². The number of hydrogen-bond acceptors (Lipinski definition) is 3. The van der Waals surface area contributed by atoms with Crippen molar-refractivity contribution in [2.45, 2.75) is 6.42 Å². The number of hydrogen-bond donors (Lipinski definition) is 1. The highest BCUT2D eigenvalue weighted by Crippen LogP contribution is 2.01. The summed E-state index contributed by atoms with van der Waals surface area (Å²) in [6.45, 7) is 0.0853. The van der Waals surface area contributed by atoms with E-state index in [1.54, 1.807) is 12.4 Å². The molecule has 0 aromatic carbocycles. The molecule has 4 heteroatoms. The topological polar surface area (TPSA) is 50.4 Å². The Morgan fingerprint density at radius 2 is 2.36 bits per heavy atom. The predicted octanol–water partition coefficient (Wildman–Crippen LogP) is 0.463. The van der Waals surface area contributed by atoms with Gasteiger partial charge in [0, 0.05) is 18.8 Å². The smallest absolute Gasteiger partial charge is 0.234 e. The van der Waals surface area contributed by atoms with Crippen LogP contribution in [0.5, 0.6) is 0 Å². The Labute approximate surface area is 81.2 Å². The minimum atomic E-state index is 0.0853. The Hall–Kier alpha value is -1.86. The van der Waals surface area contributed by atoms with Crippen LogP contribution < -0.4 is 0 Å². The molecule has 2 heterocycles. The fourth-order valence-corrected chi connectivity index (χ4v) is 1.13. The van der Waals surface area contributed by atoms with Gasteiger partial charge in [-0.1, -0.05) is 5.92 Å². The summed E-state index contributed by atoms with van der Waals surface area (Å²) >= 11 is 0. The summed E-state index contributed by atoms with van der Waals surface area (Å²) in [5.74, 6) is 6.40. The van der Waals surface area contributed by atoms with Crippen LogP contribution in [0.25, 0.3) is 5.78 Å². The fourth-order valence-electron chi connectivity index (χ4n) is 1.13. The summed E-state index contributed by atoms with van der Waals surface area (Å²) in [6.07, 6.45) is 5.70. The molecule has 70 valence electrons. The molecule has 0 spiro atoms. The molecule has 0 fully saturated rings. The molecule has 2 aromatic heterocycles. The number of imidazole rings is 1. The van der Waals surface area contributed by atoms with Crippen LogP contribution >= 0.6 is 0 Å². The normalized spacial score (nSPS) is 9.79. The van der Waals surface area contributed by atoms with Gasteiger partial charge in [0.1, 0.15) is 5.69 Å². The first kappa shape index (κ1) is 8.73. The van der Waals surface area contributed by atoms with Crippen molar-refractivity contribution < 1.29 is 5.11 Å². The van der Waals surface area contributed by atoms with Crippen LogP contribution in [0.4, 0.5) is 0 Å². The van der Waals surface area contributed by atoms with Gasteiger partial charge in [-0.3, -0.25) is 4.40 Å². The molecule has 0 aliphatic carbocycles. The quantitative estimate of drug-likeness (QED) is 0.660. The molecule has 4 nitrogen and oxygen atoms in total. The molecular weight excluding hydrogens is 178 g/mol. The minimum Gasteiger partial charge on any atom is -0.395 e. The van der Waals surface area contributed by atoms with Crippen molar-refractivity contribution in [3.05, 3.63) is 30.4 Å². The zero-order valence-corrected chi connectivity index (χ0v) is 7.51. The molecule has 0 atom stereocenters. The third-order valence-electron chi connectivity index (χ3n) is 1.74. The largest absolute Gasteiger partial charge is 0.395 e. The third-order valence-corrected chi connectivity index (χ3v) is 1.74. The van der Waals surface area contributed by atoms with E-state index >= 15 is 0 Å². The van der Waals surface area contributed by atoms with Crippen LogP contribution in [-0.4, -0.2) is 26.1 Å². The van der Waals surface area contributed by atoms with E-state index in [1.807, 2.05) is 16.7 Å². The summed E-state index contributed by atoms with van der Waals surface area (Å²) in [6, 6.07) is 1.83. The predicted molar refractivity (Wildman–Crippen MR) is 51.6 cm³/mol. The monoisotopic (exact) mass is 187 g/mol. The molecule has 0 amide bonds. The summed E-state index contributed by atoms with van der Waals surface area (Å²) in [4.78, 5) is 8.15. The molecular formula is C10H9N3O. The third kappa shape index (κ3) is 1.58. The molecule has 0 unspecified atom stereocenters. The first-order chi connectivity index (χ1) is 6.92. The Kier molecular flexibility index (Phi) is 2.43. The van der Waals surface area contributed by atoms with Gasteiger partial charge in [-0.2, -0.15) is 0 Å².